The highest BCUT2D eigenvalue weighted by Crippen LogP contribution is 2.25. The molecule has 116 valence electrons. The summed E-state index contributed by atoms with van der Waals surface area (Å²) in [7, 11) is 0.797. The minimum atomic E-state index is -3.63. The summed E-state index contributed by atoms with van der Waals surface area (Å²) in [6.07, 6.45) is 2.98. The first kappa shape index (κ1) is 17.2. The van der Waals surface area contributed by atoms with Crippen molar-refractivity contribution in [3.05, 3.63) is 29.8 Å². The van der Waals surface area contributed by atoms with Crippen LogP contribution in [0.1, 0.15) is 12.5 Å². The molecule has 0 fully saturated rings. The molecule has 7 heteroatoms. The van der Waals surface area contributed by atoms with Gasteiger partial charge < -0.3 is 9.64 Å². The SMILES string of the molecule is CCN(C)C(=O)/C=C/c1ccc(OC)c(S(=O)(=O)NC)c1. The highest BCUT2D eigenvalue weighted by atomic mass is 32.2. The Bertz CT molecular complexity index is 638. The van der Waals surface area contributed by atoms with E-state index in [0.717, 1.165) is 0 Å². The number of benzene rings is 1. The van der Waals surface area contributed by atoms with Gasteiger partial charge in [0.25, 0.3) is 0 Å². The van der Waals surface area contributed by atoms with E-state index in [1.165, 1.54) is 26.3 Å². The molecule has 0 saturated carbocycles. The van der Waals surface area contributed by atoms with Gasteiger partial charge in [-0.05, 0) is 37.7 Å². The molecule has 21 heavy (non-hydrogen) atoms. The van der Waals surface area contributed by atoms with E-state index >= 15 is 0 Å². The molecule has 0 aliphatic heterocycles. The van der Waals surface area contributed by atoms with Crippen molar-refractivity contribution in [2.75, 3.05) is 27.7 Å². The number of sulfonamides is 1. The van der Waals surface area contributed by atoms with Crippen LogP contribution in [0.2, 0.25) is 0 Å². The van der Waals surface area contributed by atoms with Crippen LogP contribution in [0.5, 0.6) is 5.75 Å². The van der Waals surface area contributed by atoms with Crippen molar-refractivity contribution in [1.82, 2.24) is 9.62 Å². The van der Waals surface area contributed by atoms with Gasteiger partial charge in [0.1, 0.15) is 10.6 Å². The van der Waals surface area contributed by atoms with Gasteiger partial charge in [0.2, 0.25) is 15.9 Å². The van der Waals surface area contributed by atoms with Gasteiger partial charge in [0.05, 0.1) is 7.11 Å². The predicted molar refractivity (Wildman–Crippen MR) is 81.6 cm³/mol. The Morgan fingerprint density at radius 3 is 2.62 bits per heavy atom. The topological polar surface area (TPSA) is 75.7 Å². The molecule has 0 atom stereocenters. The van der Waals surface area contributed by atoms with Gasteiger partial charge in [0, 0.05) is 19.7 Å². The smallest absolute Gasteiger partial charge is 0.246 e. The Balaban J connectivity index is 3.15. The first-order valence-corrected chi connectivity index (χ1v) is 7.88. The molecular weight excluding hydrogens is 292 g/mol. The van der Waals surface area contributed by atoms with Gasteiger partial charge >= 0.3 is 0 Å². The Kier molecular flexibility index (Phi) is 5.92. The molecule has 0 unspecified atom stereocenters. The minimum Gasteiger partial charge on any atom is -0.495 e. The monoisotopic (exact) mass is 312 g/mol. The zero-order valence-corrected chi connectivity index (χ0v) is 13.4. The van der Waals surface area contributed by atoms with Crippen LogP contribution in [0, 0.1) is 0 Å². The van der Waals surface area contributed by atoms with Crippen LogP contribution in [-0.2, 0) is 14.8 Å². The first-order chi connectivity index (χ1) is 9.85. The molecule has 0 heterocycles. The summed E-state index contributed by atoms with van der Waals surface area (Å²) in [5.74, 6) is 0.102. The summed E-state index contributed by atoms with van der Waals surface area (Å²) < 4.78 is 31.2. The maximum Gasteiger partial charge on any atom is 0.246 e. The quantitative estimate of drug-likeness (QED) is 0.798. The van der Waals surface area contributed by atoms with Crippen LogP contribution in [-0.4, -0.2) is 47.0 Å². The first-order valence-electron chi connectivity index (χ1n) is 6.40. The molecule has 1 rings (SSSR count). The van der Waals surface area contributed by atoms with Crippen molar-refractivity contribution >= 4 is 22.0 Å². The molecular formula is C14H20N2O4S. The zero-order valence-electron chi connectivity index (χ0n) is 12.6. The summed E-state index contributed by atoms with van der Waals surface area (Å²) in [5.41, 5.74) is 0.600. The number of carbonyl (C=O) groups excluding carboxylic acids is 1. The van der Waals surface area contributed by atoms with Crippen LogP contribution >= 0.6 is 0 Å². The number of carbonyl (C=O) groups is 1. The van der Waals surface area contributed by atoms with E-state index in [0.29, 0.717) is 12.1 Å². The molecule has 0 bridgehead atoms. The Labute approximate surface area is 125 Å². The third-order valence-corrected chi connectivity index (χ3v) is 4.45. The Morgan fingerprint density at radius 1 is 1.43 bits per heavy atom. The highest BCUT2D eigenvalue weighted by molar-refractivity contribution is 7.89. The van der Waals surface area contributed by atoms with E-state index in [9.17, 15) is 13.2 Å². The number of amides is 1. The van der Waals surface area contributed by atoms with Gasteiger partial charge in [-0.25, -0.2) is 13.1 Å². The Morgan fingerprint density at radius 2 is 2.10 bits per heavy atom. The summed E-state index contributed by atoms with van der Waals surface area (Å²) in [5, 5.41) is 0. The maximum absolute atomic E-state index is 11.9. The van der Waals surface area contributed by atoms with E-state index in [4.69, 9.17) is 4.74 Å². The standard InChI is InChI=1S/C14H20N2O4S/c1-5-16(3)14(17)9-7-11-6-8-12(20-4)13(10-11)21(18,19)15-2/h6-10,15H,5H2,1-4H3/b9-7+. The number of likely N-dealkylation sites (N-methyl/N-ethyl adjacent to an activating group) is 1. The zero-order chi connectivity index (χ0) is 16.0. The Hall–Kier alpha value is -1.86. The molecule has 0 aliphatic rings. The summed E-state index contributed by atoms with van der Waals surface area (Å²) >= 11 is 0. The van der Waals surface area contributed by atoms with E-state index in [-0.39, 0.29) is 16.6 Å². The number of rotatable bonds is 6. The van der Waals surface area contributed by atoms with Gasteiger partial charge in [0.15, 0.2) is 0 Å². The van der Waals surface area contributed by atoms with Crippen molar-refractivity contribution in [3.63, 3.8) is 0 Å². The number of nitrogens with one attached hydrogen (secondary N) is 1. The second kappa shape index (κ2) is 7.24. The van der Waals surface area contributed by atoms with E-state index < -0.39 is 10.0 Å². The molecule has 1 aromatic carbocycles. The summed E-state index contributed by atoms with van der Waals surface area (Å²) in [4.78, 5) is 13.3. The van der Waals surface area contributed by atoms with Crippen molar-refractivity contribution < 1.29 is 17.9 Å². The number of methoxy groups -OCH3 is 1. The summed E-state index contributed by atoms with van der Waals surface area (Å²) in [6.45, 7) is 2.47. The second-order valence-corrected chi connectivity index (χ2v) is 6.16. The lowest BCUT2D eigenvalue weighted by atomic mass is 10.2. The maximum atomic E-state index is 11.9. The molecule has 6 nitrogen and oxygen atoms in total. The fourth-order valence-corrected chi connectivity index (χ4v) is 2.49. The number of hydrogen-bond acceptors (Lipinski definition) is 4. The third kappa shape index (κ3) is 4.30. The third-order valence-electron chi connectivity index (χ3n) is 3.01. The molecule has 1 amide bonds. The van der Waals surface area contributed by atoms with Gasteiger partial charge in [-0.1, -0.05) is 6.07 Å². The molecule has 1 N–H and O–H groups in total. The summed E-state index contributed by atoms with van der Waals surface area (Å²) in [6, 6.07) is 4.70. The molecule has 0 saturated heterocycles. The molecule has 1 aromatic rings. The highest BCUT2D eigenvalue weighted by Gasteiger charge is 2.17. The van der Waals surface area contributed by atoms with Gasteiger partial charge in [-0.2, -0.15) is 0 Å². The van der Waals surface area contributed by atoms with Crippen LogP contribution < -0.4 is 9.46 Å². The average molecular weight is 312 g/mol. The van der Waals surface area contributed by atoms with Gasteiger partial charge in [-0.15, -0.1) is 0 Å². The predicted octanol–water partition coefficient (Wildman–Crippen LogP) is 1.09. The number of nitrogens with zero attached hydrogens (tertiary/aromatic N) is 1. The second-order valence-electron chi connectivity index (χ2n) is 4.30. The lowest BCUT2D eigenvalue weighted by Crippen LogP contribution is -2.23. The number of ether oxygens (including phenoxy) is 1. The van der Waals surface area contributed by atoms with Crippen LogP contribution in [0.25, 0.3) is 6.08 Å². The van der Waals surface area contributed by atoms with Gasteiger partial charge in [-0.3, -0.25) is 4.79 Å². The van der Waals surface area contributed by atoms with Crippen LogP contribution in [0.3, 0.4) is 0 Å². The normalized spacial score (nSPS) is 11.6. The molecule has 0 radical (unpaired) electrons. The molecule has 0 aliphatic carbocycles. The lowest BCUT2D eigenvalue weighted by Gasteiger charge is -2.11. The van der Waals surface area contributed by atoms with E-state index in [2.05, 4.69) is 4.72 Å². The van der Waals surface area contributed by atoms with Crippen molar-refractivity contribution in [2.45, 2.75) is 11.8 Å². The average Bonchev–Trinajstić information content (AvgIpc) is 2.51. The van der Waals surface area contributed by atoms with Crippen molar-refractivity contribution in [2.24, 2.45) is 0 Å². The number of hydrogen-bond donors (Lipinski definition) is 1. The minimum absolute atomic E-state index is 0.0333. The van der Waals surface area contributed by atoms with Crippen molar-refractivity contribution in [1.29, 1.82) is 0 Å². The van der Waals surface area contributed by atoms with Crippen LogP contribution in [0.15, 0.2) is 29.2 Å². The molecule has 0 spiro atoms. The van der Waals surface area contributed by atoms with E-state index in [1.54, 1.807) is 30.2 Å². The largest absolute Gasteiger partial charge is 0.495 e. The van der Waals surface area contributed by atoms with Crippen LogP contribution in [0.4, 0.5) is 0 Å². The van der Waals surface area contributed by atoms with E-state index in [1.807, 2.05) is 6.92 Å². The van der Waals surface area contributed by atoms with Crippen molar-refractivity contribution in [3.8, 4) is 5.75 Å². The fourth-order valence-electron chi connectivity index (χ4n) is 1.57. The fraction of sp³-hybridized carbons (Fsp3) is 0.357. The lowest BCUT2D eigenvalue weighted by molar-refractivity contribution is -0.124. The molecule has 0 aromatic heterocycles.